The second-order valence-electron chi connectivity index (χ2n) is 6.98. The van der Waals surface area contributed by atoms with E-state index in [9.17, 15) is 14.9 Å². The smallest absolute Gasteiger partial charge is 0.337 e. The number of hydrogen-bond donors (Lipinski definition) is 1. The van der Waals surface area contributed by atoms with E-state index in [1.807, 2.05) is 24.3 Å². The van der Waals surface area contributed by atoms with Gasteiger partial charge in [0.05, 0.1) is 18.7 Å². The predicted molar refractivity (Wildman–Crippen MR) is 98.7 cm³/mol. The lowest BCUT2D eigenvalue weighted by molar-refractivity contribution is 0.0600. The van der Waals surface area contributed by atoms with Crippen molar-refractivity contribution in [2.75, 3.05) is 7.11 Å². The molecule has 0 aromatic heterocycles. The van der Waals surface area contributed by atoms with Gasteiger partial charge in [-0.15, -0.1) is 0 Å². The summed E-state index contributed by atoms with van der Waals surface area (Å²) < 4.78 is 4.66. The summed E-state index contributed by atoms with van der Waals surface area (Å²) in [7, 11) is 1.28. The molecule has 0 aliphatic rings. The Kier molecular flexibility index (Phi) is 5.78. The van der Waals surface area contributed by atoms with Crippen LogP contribution in [0.25, 0.3) is 0 Å². The highest BCUT2D eigenvalue weighted by molar-refractivity contribution is 5.98. The third kappa shape index (κ3) is 4.48. The number of nitrogens with one attached hydrogen (secondary N) is 1. The SMILES string of the molecule is COC(=O)c1cccc(C(=O)NC(C#N)c2ccc(C(C)(C)C)cc2)c1. The Labute approximate surface area is 153 Å². The molecular weight excluding hydrogens is 328 g/mol. The fourth-order valence-electron chi connectivity index (χ4n) is 2.49. The Morgan fingerprint density at radius 1 is 1.08 bits per heavy atom. The van der Waals surface area contributed by atoms with Crippen LogP contribution in [0.5, 0.6) is 0 Å². The number of nitrogens with zero attached hydrogens (tertiary/aromatic N) is 1. The molecule has 0 aliphatic heterocycles. The Hall–Kier alpha value is -3.13. The van der Waals surface area contributed by atoms with Gasteiger partial charge in [-0.1, -0.05) is 51.1 Å². The number of carbonyl (C=O) groups is 2. The Morgan fingerprint density at radius 2 is 1.69 bits per heavy atom. The molecule has 0 fully saturated rings. The van der Waals surface area contributed by atoms with Crippen LogP contribution in [0.15, 0.2) is 48.5 Å². The van der Waals surface area contributed by atoms with Crippen LogP contribution in [0.1, 0.15) is 58.7 Å². The van der Waals surface area contributed by atoms with Crippen LogP contribution >= 0.6 is 0 Å². The Morgan fingerprint density at radius 3 is 2.23 bits per heavy atom. The molecule has 0 bridgehead atoms. The van der Waals surface area contributed by atoms with Crippen LogP contribution in [0.3, 0.4) is 0 Å². The second-order valence-corrected chi connectivity index (χ2v) is 6.98. The molecule has 1 amide bonds. The summed E-state index contributed by atoms with van der Waals surface area (Å²) in [5.41, 5.74) is 2.44. The number of carbonyl (C=O) groups excluding carboxylic acids is 2. The van der Waals surface area contributed by atoms with Gasteiger partial charge in [0, 0.05) is 5.56 Å². The van der Waals surface area contributed by atoms with Crippen molar-refractivity contribution in [1.29, 1.82) is 5.26 Å². The zero-order valence-electron chi connectivity index (χ0n) is 15.4. The summed E-state index contributed by atoms with van der Waals surface area (Å²) in [4.78, 5) is 24.1. The highest BCUT2D eigenvalue weighted by Crippen LogP contribution is 2.24. The van der Waals surface area contributed by atoms with Crippen molar-refractivity contribution in [1.82, 2.24) is 5.32 Å². The van der Waals surface area contributed by atoms with Gasteiger partial charge < -0.3 is 10.1 Å². The van der Waals surface area contributed by atoms with Gasteiger partial charge in [-0.2, -0.15) is 5.26 Å². The zero-order valence-corrected chi connectivity index (χ0v) is 15.4. The van der Waals surface area contributed by atoms with Crippen LogP contribution in [0, 0.1) is 11.3 Å². The van der Waals surface area contributed by atoms with E-state index < -0.39 is 17.9 Å². The zero-order chi connectivity index (χ0) is 19.3. The van der Waals surface area contributed by atoms with Crippen molar-refractivity contribution in [3.8, 4) is 6.07 Å². The lowest BCUT2D eigenvalue weighted by Gasteiger charge is -2.20. The number of nitriles is 1. The van der Waals surface area contributed by atoms with Crippen molar-refractivity contribution in [2.24, 2.45) is 0 Å². The summed E-state index contributed by atoms with van der Waals surface area (Å²) in [5, 5.41) is 12.1. The van der Waals surface area contributed by atoms with E-state index in [1.54, 1.807) is 18.2 Å². The van der Waals surface area contributed by atoms with Gasteiger partial charge in [0.25, 0.3) is 5.91 Å². The lowest BCUT2D eigenvalue weighted by atomic mass is 9.86. The lowest BCUT2D eigenvalue weighted by Crippen LogP contribution is -2.28. The topological polar surface area (TPSA) is 79.2 Å². The van der Waals surface area contributed by atoms with Crippen LogP contribution < -0.4 is 5.32 Å². The van der Waals surface area contributed by atoms with E-state index in [-0.39, 0.29) is 11.0 Å². The first-order valence-electron chi connectivity index (χ1n) is 8.25. The molecule has 1 unspecified atom stereocenters. The number of rotatable bonds is 4. The molecule has 134 valence electrons. The van der Waals surface area contributed by atoms with Gasteiger partial charge in [-0.3, -0.25) is 4.79 Å². The average molecular weight is 350 g/mol. The molecule has 2 rings (SSSR count). The third-order valence-electron chi connectivity index (χ3n) is 4.06. The van der Waals surface area contributed by atoms with Gasteiger partial charge in [0.2, 0.25) is 0 Å². The Balaban J connectivity index is 2.19. The maximum absolute atomic E-state index is 12.5. The first kappa shape index (κ1) is 19.2. The van der Waals surface area contributed by atoms with Gasteiger partial charge in [0.1, 0.15) is 6.04 Å². The molecule has 1 atom stereocenters. The summed E-state index contributed by atoms with van der Waals surface area (Å²) in [6.07, 6.45) is 0. The van der Waals surface area contributed by atoms with E-state index >= 15 is 0 Å². The molecule has 26 heavy (non-hydrogen) atoms. The largest absolute Gasteiger partial charge is 0.465 e. The highest BCUT2D eigenvalue weighted by atomic mass is 16.5. The first-order chi connectivity index (χ1) is 12.3. The number of benzene rings is 2. The number of methoxy groups -OCH3 is 1. The number of ether oxygens (including phenoxy) is 1. The molecule has 2 aromatic carbocycles. The molecule has 0 heterocycles. The maximum atomic E-state index is 12.5. The van der Waals surface area contributed by atoms with Gasteiger partial charge in [-0.05, 0) is 34.7 Å². The normalized spacial score (nSPS) is 12.0. The molecule has 0 radical (unpaired) electrons. The van der Waals surface area contributed by atoms with Crippen molar-refractivity contribution >= 4 is 11.9 Å². The van der Waals surface area contributed by atoms with Crippen molar-refractivity contribution < 1.29 is 14.3 Å². The standard InChI is InChI=1S/C21H22N2O3/c1-21(2,3)17-10-8-14(9-11-17)18(13-22)23-19(24)15-6-5-7-16(12-15)20(25)26-4/h5-12,18H,1-4H3,(H,23,24). The predicted octanol–water partition coefficient (Wildman–Crippen LogP) is 3.77. The van der Waals surface area contributed by atoms with Gasteiger partial charge >= 0.3 is 5.97 Å². The molecule has 0 spiro atoms. The van der Waals surface area contributed by atoms with Crippen molar-refractivity contribution in [3.63, 3.8) is 0 Å². The molecule has 0 aliphatic carbocycles. The summed E-state index contributed by atoms with van der Waals surface area (Å²) in [6.45, 7) is 6.33. The molecule has 1 N–H and O–H groups in total. The van der Waals surface area contributed by atoms with E-state index in [2.05, 4.69) is 36.9 Å². The van der Waals surface area contributed by atoms with Gasteiger partial charge in [0.15, 0.2) is 0 Å². The summed E-state index contributed by atoms with van der Waals surface area (Å²) >= 11 is 0. The fourth-order valence-corrected chi connectivity index (χ4v) is 2.49. The quantitative estimate of drug-likeness (QED) is 0.852. The van der Waals surface area contributed by atoms with Crippen LogP contribution in [-0.2, 0) is 10.2 Å². The second kappa shape index (κ2) is 7.83. The van der Waals surface area contributed by atoms with E-state index in [1.165, 1.54) is 13.2 Å². The van der Waals surface area contributed by atoms with Crippen molar-refractivity contribution in [3.05, 3.63) is 70.8 Å². The van der Waals surface area contributed by atoms with Crippen LogP contribution in [0.2, 0.25) is 0 Å². The number of amides is 1. The molecule has 2 aromatic rings. The molecule has 5 heteroatoms. The summed E-state index contributed by atoms with van der Waals surface area (Å²) in [5.74, 6) is -0.948. The number of esters is 1. The highest BCUT2D eigenvalue weighted by Gasteiger charge is 2.18. The Bertz CT molecular complexity index is 843. The number of hydrogen-bond acceptors (Lipinski definition) is 4. The van der Waals surface area contributed by atoms with Crippen molar-refractivity contribution in [2.45, 2.75) is 32.2 Å². The molecule has 5 nitrogen and oxygen atoms in total. The first-order valence-corrected chi connectivity index (χ1v) is 8.25. The average Bonchev–Trinajstić information content (AvgIpc) is 2.64. The molecular formula is C21H22N2O3. The van der Waals surface area contributed by atoms with Crippen LogP contribution in [0.4, 0.5) is 0 Å². The molecule has 0 saturated heterocycles. The van der Waals surface area contributed by atoms with Crippen LogP contribution in [-0.4, -0.2) is 19.0 Å². The maximum Gasteiger partial charge on any atom is 0.337 e. The van der Waals surface area contributed by atoms with E-state index in [0.29, 0.717) is 11.1 Å². The third-order valence-corrected chi connectivity index (χ3v) is 4.06. The van der Waals surface area contributed by atoms with E-state index in [0.717, 1.165) is 5.56 Å². The van der Waals surface area contributed by atoms with Gasteiger partial charge in [-0.25, -0.2) is 4.79 Å². The molecule has 0 saturated carbocycles. The van der Waals surface area contributed by atoms with E-state index in [4.69, 9.17) is 0 Å². The minimum absolute atomic E-state index is 0.0121. The minimum Gasteiger partial charge on any atom is -0.465 e. The monoisotopic (exact) mass is 350 g/mol. The summed E-state index contributed by atoms with van der Waals surface area (Å²) in [6, 6.07) is 15.1. The minimum atomic E-state index is -0.779. The fraction of sp³-hybridized carbons (Fsp3) is 0.286.